The van der Waals surface area contributed by atoms with E-state index in [-0.39, 0.29) is 23.6 Å². The molecule has 10 heteroatoms. The average Bonchev–Trinajstić information content (AvgIpc) is 3.20. The number of hydrogen-bond donors (Lipinski definition) is 1. The number of carbonyl (C=O) groups excluding carboxylic acids is 2. The number of rotatable bonds is 7. The van der Waals surface area contributed by atoms with E-state index in [2.05, 4.69) is 10.3 Å². The Morgan fingerprint density at radius 3 is 2.88 bits per heavy atom. The Morgan fingerprint density at radius 2 is 2.12 bits per heavy atom. The van der Waals surface area contributed by atoms with Gasteiger partial charge in [-0.2, -0.15) is 0 Å². The molecule has 9 nitrogen and oxygen atoms in total. The Kier molecular flexibility index (Phi) is 6.96. The molecule has 1 N–H and O–H groups in total. The van der Waals surface area contributed by atoms with E-state index in [0.29, 0.717) is 42.6 Å². The molecule has 2 fully saturated rings. The van der Waals surface area contributed by atoms with Gasteiger partial charge >= 0.3 is 6.09 Å². The summed E-state index contributed by atoms with van der Waals surface area (Å²) in [6, 6.07) is 8.65. The highest BCUT2D eigenvalue weighted by molar-refractivity contribution is 6.32. The largest absolute Gasteiger partial charge is 0.497 e. The fourth-order valence-corrected chi connectivity index (χ4v) is 3.72. The number of hydrogen-bond acceptors (Lipinski definition) is 7. The van der Waals surface area contributed by atoms with Crippen molar-refractivity contribution < 1.29 is 28.5 Å². The lowest BCUT2D eigenvalue weighted by Crippen LogP contribution is -2.34. The molecule has 1 aromatic carbocycles. The van der Waals surface area contributed by atoms with Crippen LogP contribution in [0.3, 0.4) is 0 Å². The molecule has 0 bridgehead atoms. The van der Waals surface area contributed by atoms with Crippen LogP contribution >= 0.6 is 11.6 Å². The second-order valence-corrected chi connectivity index (χ2v) is 7.88. The summed E-state index contributed by atoms with van der Waals surface area (Å²) in [5.41, 5.74) is 0.961. The van der Waals surface area contributed by atoms with Gasteiger partial charge in [0.05, 0.1) is 44.7 Å². The number of halogens is 1. The summed E-state index contributed by atoms with van der Waals surface area (Å²) >= 11 is 6.27. The molecule has 0 radical (unpaired) electrons. The molecule has 2 saturated heterocycles. The molecule has 3 heterocycles. The van der Waals surface area contributed by atoms with Crippen LogP contribution in [0.15, 0.2) is 36.5 Å². The number of amides is 2. The smallest absolute Gasteiger partial charge is 0.414 e. The molecule has 0 aliphatic carbocycles. The van der Waals surface area contributed by atoms with Crippen molar-refractivity contribution in [1.29, 1.82) is 0 Å². The Balaban J connectivity index is 1.31. The lowest BCUT2D eigenvalue weighted by atomic mass is 10.1. The SMILES string of the molecule is COc1cccc(N2CC(CNC(=O)c3cnc(OC4CCOCC4)c(Cl)c3)OC2=O)c1. The predicted octanol–water partition coefficient (Wildman–Crippen LogP) is 3.06. The summed E-state index contributed by atoms with van der Waals surface area (Å²) in [6.07, 6.45) is 1.99. The maximum atomic E-state index is 12.5. The molecule has 4 rings (SSSR count). The fourth-order valence-electron chi connectivity index (χ4n) is 3.51. The molecule has 1 atom stereocenters. The van der Waals surface area contributed by atoms with Crippen LogP contribution in [-0.4, -0.2) is 62.6 Å². The molecular weight excluding hydrogens is 438 g/mol. The fraction of sp³-hybridized carbons (Fsp3) is 0.409. The number of carbonyl (C=O) groups is 2. The second-order valence-electron chi connectivity index (χ2n) is 7.47. The molecule has 170 valence electrons. The van der Waals surface area contributed by atoms with Gasteiger partial charge in [0.2, 0.25) is 5.88 Å². The van der Waals surface area contributed by atoms with Crippen LogP contribution in [0.4, 0.5) is 10.5 Å². The van der Waals surface area contributed by atoms with Crippen LogP contribution in [0, 0.1) is 0 Å². The number of ether oxygens (including phenoxy) is 4. The predicted molar refractivity (Wildman–Crippen MR) is 117 cm³/mol. The van der Waals surface area contributed by atoms with Gasteiger partial charge in [0, 0.05) is 25.1 Å². The van der Waals surface area contributed by atoms with E-state index in [1.165, 1.54) is 17.2 Å². The van der Waals surface area contributed by atoms with Gasteiger partial charge in [0.1, 0.15) is 23.0 Å². The summed E-state index contributed by atoms with van der Waals surface area (Å²) in [6.45, 7) is 1.75. The van der Waals surface area contributed by atoms with Crippen molar-refractivity contribution in [3.63, 3.8) is 0 Å². The minimum atomic E-state index is -0.489. The van der Waals surface area contributed by atoms with E-state index in [0.717, 1.165) is 12.8 Å². The number of nitrogens with zero attached hydrogens (tertiary/aromatic N) is 2. The number of nitrogens with one attached hydrogen (secondary N) is 1. The lowest BCUT2D eigenvalue weighted by Gasteiger charge is -2.23. The number of benzene rings is 1. The zero-order valence-electron chi connectivity index (χ0n) is 17.6. The highest BCUT2D eigenvalue weighted by atomic mass is 35.5. The first-order valence-corrected chi connectivity index (χ1v) is 10.7. The number of anilines is 1. The van der Waals surface area contributed by atoms with Crippen molar-refractivity contribution in [2.24, 2.45) is 0 Å². The maximum Gasteiger partial charge on any atom is 0.414 e. The molecular formula is C22H24ClN3O6. The highest BCUT2D eigenvalue weighted by Gasteiger charge is 2.32. The first kappa shape index (κ1) is 22.2. The number of cyclic esters (lactones) is 1. The van der Waals surface area contributed by atoms with E-state index in [1.54, 1.807) is 31.4 Å². The van der Waals surface area contributed by atoms with E-state index in [1.807, 2.05) is 0 Å². The topological polar surface area (TPSA) is 99.2 Å². The molecule has 0 saturated carbocycles. The second kappa shape index (κ2) is 10.1. The Morgan fingerprint density at radius 1 is 1.31 bits per heavy atom. The van der Waals surface area contributed by atoms with Crippen molar-refractivity contribution in [3.05, 3.63) is 47.1 Å². The first-order chi connectivity index (χ1) is 15.5. The van der Waals surface area contributed by atoms with Crippen LogP contribution in [0.2, 0.25) is 5.02 Å². The van der Waals surface area contributed by atoms with Gasteiger partial charge in [-0.3, -0.25) is 9.69 Å². The van der Waals surface area contributed by atoms with Crippen molar-refractivity contribution in [2.45, 2.75) is 25.0 Å². The van der Waals surface area contributed by atoms with Crippen LogP contribution < -0.4 is 19.7 Å². The van der Waals surface area contributed by atoms with Crippen molar-refractivity contribution >= 4 is 29.3 Å². The Labute approximate surface area is 190 Å². The lowest BCUT2D eigenvalue weighted by molar-refractivity contribution is 0.0238. The third-order valence-electron chi connectivity index (χ3n) is 5.25. The minimum absolute atomic E-state index is 0.00185. The van der Waals surface area contributed by atoms with Gasteiger partial charge < -0.3 is 24.3 Å². The molecule has 0 spiro atoms. The van der Waals surface area contributed by atoms with E-state index in [9.17, 15) is 9.59 Å². The number of methoxy groups -OCH3 is 1. The summed E-state index contributed by atoms with van der Waals surface area (Å²) in [4.78, 5) is 30.5. The summed E-state index contributed by atoms with van der Waals surface area (Å²) < 4.78 is 21.7. The monoisotopic (exact) mass is 461 g/mol. The third kappa shape index (κ3) is 5.23. The van der Waals surface area contributed by atoms with E-state index in [4.69, 9.17) is 30.5 Å². The van der Waals surface area contributed by atoms with Gasteiger partial charge in [-0.15, -0.1) is 0 Å². The zero-order chi connectivity index (χ0) is 22.5. The third-order valence-corrected chi connectivity index (χ3v) is 5.52. The minimum Gasteiger partial charge on any atom is -0.497 e. The van der Waals surface area contributed by atoms with Gasteiger partial charge in [-0.05, 0) is 18.2 Å². The molecule has 32 heavy (non-hydrogen) atoms. The van der Waals surface area contributed by atoms with Crippen LogP contribution in [0.1, 0.15) is 23.2 Å². The van der Waals surface area contributed by atoms with Crippen molar-refractivity contribution in [2.75, 3.05) is 38.3 Å². The molecule has 2 amide bonds. The van der Waals surface area contributed by atoms with Crippen LogP contribution in [-0.2, 0) is 9.47 Å². The average molecular weight is 462 g/mol. The normalized spacial score (nSPS) is 18.9. The van der Waals surface area contributed by atoms with Crippen molar-refractivity contribution in [1.82, 2.24) is 10.3 Å². The Bertz CT molecular complexity index is 982. The first-order valence-electron chi connectivity index (χ1n) is 10.3. The standard InChI is InChI=1S/C22H24ClN3O6/c1-29-17-4-2-3-15(10-17)26-13-18(32-22(26)28)12-24-20(27)14-9-19(23)21(25-11-14)31-16-5-7-30-8-6-16/h2-4,9-11,16,18H,5-8,12-13H2,1H3,(H,24,27). The van der Waals surface area contributed by atoms with Gasteiger partial charge in [-0.25, -0.2) is 9.78 Å². The Hall–Kier alpha value is -3.04. The quantitative estimate of drug-likeness (QED) is 0.676. The molecule has 2 aliphatic rings. The zero-order valence-corrected chi connectivity index (χ0v) is 18.3. The number of pyridine rings is 1. The van der Waals surface area contributed by atoms with E-state index >= 15 is 0 Å². The highest BCUT2D eigenvalue weighted by Crippen LogP contribution is 2.27. The van der Waals surface area contributed by atoms with Gasteiger partial charge in [0.15, 0.2) is 0 Å². The summed E-state index contributed by atoms with van der Waals surface area (Å²) in [5.74, 6) is 0.572. The van der Waals surface area contributed by atoms with Crippen molar-refractivity contribution in [3.8, 4) is 11.6 Å². The van der Waals surface area contributed by atoms with Crippen LogP contribution in [0.5, 0.6) is 11.6 Å². The van der Waals surface area contributed by atoms with Gasteiger partial charge in [0.25, 0.3) is 5.91 Å². The summed E-state index contributed by atoms with van der Waals surface area (Å²) in [5, 5.41) is 3.03. The van der Waals surface area contributed by atoms with E-state index < -0.39 is 12.2 Å². The molecule has 2 aliphatic heterocycles. The molecule has 2 aromatic rings. The summed E-state index contributed by atoms with van der Waals surface area (Å²) in [7, 11) is 1.56. The molecule has 1 unspecified atom stereocenters. The van der Waals surface area contributed by atoms with Crippen LogP contribution in [0.25, 0.3) is 0 Å². The van der Waals surface area contributed by atoms with Gasteiger partial charge in [-0.1, -0.05) is 17.7 Å². The molecule has 1 aromatic heterocycles. The number of aromatic nitrogens is 1. The maximum absolute atomic E-state index is 12.5.